The minimum Gasteiger partial charge on any atom is -0.490 e. The number of ether oxygens (including phenoxy) is 4. The highest BCUT2D eigenvalue weighted by Crippen LogP contribution is 2.40. The average molecular weight is 454 g/mol. The van der Waals surface area contributed by atoms with Gasteiger partial charge in [-0.25, -0.2) is 4.98 Å². The standard InChI is InChI=1S/C25H31N3O5/c1-17-13-19(15-26-24(17)30-2)28-9-12-32-23-4-3-20(14-22(23)28)33-21-5-8-27(16-21)25(29)18-6-10-31-11-7-18/h3-4,13-15,18,21H,5-12,16H2,1-2H3/t21-/m0/s1. The number of hydrogen-bond acceptors (Lipinski definition) is 7. The molecule has 0 radical (unpaired) electrons. The predicted molar refractivity (Wildman–Crippen MR) is 124 cm³/mol. The number of carbonyl (C=O) groups excluding carboxylic acids is 1. The Morgan fingerprint density at radius 2 is 1.97 bits per heavy atom. The van der Waals surface area contributed by atoms with Gasteiger partial charge in [0.2, 0.25) is 11.8 Å². The lowest BCUT2D eigenvalue weighted by Crippen LogP contribution is -2.38. The highest BCUT2D eigenvalue weighted by atomic mass is 16.5. The molecule has 5 rings (SSSR count). The van der Waals surface area contributed by atoms with E-state index in [1.807, 2.05) is 36.2 Å². The number of carbonyl (C=O) groups is 1. The fraction of sp³-hybridized carbons (Fsp3) is 0.520. The van der Waals surface area contributed by atoms with Crippen LogP contribution in [0.15, 0.2) is 30.5 Å². The lowest BCUT2D eigenvalue weighted by molar-refractivity contribution is -0.137. The maximum absolute atomic E-state index is 12.8. The van der Waals surface area contributed by atoms with Crippen LogP contribution in [-0.2, 0) is 9.53 Å². The molecule has 2 fully saturated rings. The summed E-state index contributed by atoms with van der Waals surface area (Å²) in [7, 11) is 1.63. The van der Waals surface area contributed by atoms with E-state index in [4.69, 9.17) is 18.9 Å². The second-order valence-electron chi connectivity index (χ2n) is 8.85. The van der Waals surface area contributed by atoms with E-state index in [0.717, 1.165) is 60.8 Å². The van der Waals surface area contributed by atoms with Gasteiger partial charge >= 0.3 is 0 Å². The molecule has 4 heterocycles. The summed E-state index contributed by atoms with van der Waals surface area (Å²) in [5, 5.41) is 0. The van der Waals surface area contributed by atoms with E-state index in [-0.39, 0.29) is 17.9 Å². The quantitative estimate of drug-likeness (QED) is 0.688. The molecule has 33 heavy (non-hydrogen) atoms. The number of amides is 1. The Kier molecular flexibility index (Phi) is 6.26. The first-order chi connectivity index (χ1) is 16.1. The molecule has 0 unspecified atom stereocenters. The van der Waals surface area contributed by atoms with E-state index in [9.17, 15) is 4.79 Å². The van der Waals surface area contributed by atoms with E-state index in [1.165, 1.54) is 0 Å². The van der Waals surface area contributed by atoms with Crippen molar-refractivity contribution in [3.63, 3.8) is 0 Å². The lowest BCUT2D eigenvalue weighted by Gasteiger charge is -2.32. The van der Waals surface area contributed by atoms with Crippen molar-refractivity contribution in [1.82, 2.24) is 9.88 Å². The number of nitrogens with zero attached hydrogens (tertiary/aromatic N) is 3. The van der Waals surface area contributed by atoms with Gasteiger partial charge in [0, 0.05) is 43.7 Å². The maximum atomic E-state index is 12.8. The highest BCUT2D eigenvalue weighted by molar-refractivity contribution is 5.79. The Balaban J connectivity index is 1.28. The molecule has 0 aliphatic carbocycles. The minimum atomic E-state index is -0.00491. The van der Waals surface area contributed by atoms with Gasteiger partial charge in [-0.1, -0.05) is 0 Å². The molecule has 8 heteroatoms. The summed E-state index contributed by atoms with van der Waals surface area (Å²) in [4.78, 5) is 21.4. The van der Waals surface area contributed by atoms with Crippen molar-refractivity contribution >= 4 is 17.3 Å². The molecule has 2 aromatic rings. The Morgan fingerprint density at radius 3 is 2.76 bits per heavy atom. The van der Waals surface area contributed by atoms with Gasteiger partial charge in [-0.2, -0.15) is 0 Å². The molecule has 0 N–H and O–H groups in total. The summed E-state index contributed by atoms with van der Waals surface area (Å²) in [5.74, 6) is 2.58. The van der Waals surface area contributed by atoms with Crippen molar-refractivity contribution in [2.75, 3.05) is 51.5 Å². The molecule has 3 aliphatic heterocycles. The van der Waals surface area contributed by atoms with Crippen LogP contribution in [0.2, 0.25) is 0 Å². The first kappa shape index (κ1) is 21.8. The normalized spacial score (nSPS) is 20.8. The summed E-state index contributed by atoms with van der Waals surface area (Å²) in [5.41, 5.74) is 2.93. The molecule has 1 atom stereocenters. The summed E-state index contributed by atoms with van der Waals surface area (Å²) < 4.78 is 22.9. The van der Waals surface area contributed by atoms with Crippen molar-refractivity contribution in [2.24, 2.45) is 5.92 Å². The number of pyridine rings is 1. The highest BCUT2D eigenvalue weighted by Gasteiger charge is 2.33. The van der Waals surface area contributed by atoms with Gasteiger partial charge in [0.05, 0.1) is 37.8 Å². The van der Waals surface area contributed by atoms with Gasteiger partial charge in [-0.05, 0) is 38.0 Å². The molecule has 0 bridgehead atoms. The van der Waals surface area contributed by atoms with Gasteiger partial charge in [0.15, 0.2) is 0 Å². The monoisotopic (exact) mass is 453 g/mol. The smallest absolute Gasteiger partial charge is 0.225 e. The van der Waals surface area contributed by atoms with Gasteiger partial charge in [-0.15, -0.1) is 0 Å². The Morgan fingerprint density at radius 1 is 1.12 bits per heavy atom. The SMILES string of the molecule is COc1ncc(N2CCOc3ccc(O[C@H]4CCN(C(=O)C5CCOCC5)C4)cc32)cc1C. The van der Waals surface area contributed by atoms with Gasteiger partial charge in [0.25, 0.3) is 0 Å². The van der Waals surface area contributed by atoms with Crippen molar-refractivity contribution in [3.8, 4) is 17.4 Å². The van der Waals surface area contributed by atoms with E-state index >= 15 is 0 Å². The van der Waals surface area contributed by atoms with Gasteiger partial charge < -0.3 is 28.7 Å². The number of benzene rings is 1. The molecule has 3 aliphatic rings. The average Bonchev–Trinajstić information content (AvgIpc) is 3.32. The number of likely N-dealkylation sites (tertiary alicyclic amines) is 1. The third kappa shape index (κ3) is 4.57. The molecular weight excluding hydrogens is 422 g/mol. The Labute approximate surface area is 194 Å². The Bertz CT molecular complexity index is 1010. The molecular formula is C25H31N3O5. The van der Waals surface area contributed by atoms with Crippen LogP contribution < -0.4 is 19.1 Å². The van der Waals surface area contributed by atoms with Crippen LogP contribution in [0, 0.1) is 12.8 Å². The van der Waals surface area contributed by atoms with Crippen molar-refractivity contribution in [2.45, 2.75) is 32.3 Å². The van der Waals surface area contributed by atoms with Crippen molar-refractivity contribution < 1.29 is 23.7 Å². The van der Waals surface area contributed by atoms with Crippen molar-refractivity contribution in [3.05, 3.63) is 36.0 Å². The minimum absolute atomic E-state index is 0.00491. The summed E-state index contributed by atoms with van der Waals surface area (Å²) in [6, 6.07) is 8.01. The van der Waals surface area contributed by atoms with Crippen LogP contribution in [0.4, 0.5) is 11.4 Å². The predicted octanol–water partition coefficient (Wildman–Crippen LogP) is 3.34. The number of anilines is 2. The molecule has 1 aromatic heterocycles. The number of methoxy groups -OCH3 is 1. The van der Waals surface area contributed by atoms with E-state index in [0.29, 0.717) is 32.2 Å². The van der Waals surface area contributed by atoms with Crippen LogP contribution in [-0.4, -0.2) is 68.5 Å². The first-order valence-corrected chi connectivity index (χ1v) is 11.7. The van der Waals surface area contributed by atoms with Crippen molar-refractivity contribution in [1.29, 1.82) is 0 Å². The number of fused-ring (bicyclic) bond motifs is 1. The fourth-order valence-electron chi connectivity index (χ4n) is 4.87. The lowest BCUT2D eigenvalue weighted by atomic mass is 9.99. The zero-order chi connectivity index (χ0) is 22.8. The van der Waals surface area contributed by atoms with E-state index in [1.54, 1.807) is 7.11 Å². The van der Waals surface area contributed by atoms with Gasteiger partial charge in [0.1, 0.15) is 24.2 Å². The zero-order valence-electron chi connectivity index (χ0n) is 19.3. The summed E-state index contributed by atoms with van der Waals surface area (Å²) in [6.45, 7) is 6.06. The number of hydrogen-bond donors (Lipinski definition) is 0. The van der Waals surface area contributed by atoms with E-state index < -0.39 is 0 Å². The van der Waals surface area contributed by atoms with Crippen LogP contribution >= 0.6 is 0 Å². The molecule has 8 nitrogen and oxygen atoms in total. The second kappa shape index (κ2) is 9.47. The summed E-state index contributed by atoms with van der Waals surface area (Å²) in [6.07, 6.45) is 4.30. The fourth-order valence-corrected chi connectivity index (χ4v) is 4.87. The molecule has 2 saturated heterocycles. The molecule has 1 amide bonds. The third-order valence-corrected chi connectivity index (χ3v) is 6.64. The molecule has 176 valence electrons. The largest absolute Gasteiger partial charge is 0.490 e. The van der Waals surface area contributed by atoms with Crippen LogP contribution in [0.25, 0.3) is 0 Å². The molecule has 0 saturated carbocycles. The van der Waals surface area contributed by atoms with Crippen LogP contribution in [0.3, 0.4) is 0 Å². The maximum Gasteiger partial charge on any atom is 0.225 e. The number of aromatic nitrogens is 1. The number of rotatable bonds is 5. The topological polar surface area (TPSA) is 73.4 Å². The second-order valence-corrected chi connectivity index (χ2v) is 8.85. The van der Waals surface area contributed by atoms with Gasteiger partial charge in [-0.3, -0.25) is 4.79 Å². The summed E-state index contributed by atoms with van der Waals surface area (Å²) >= 11 is 0. The Hall–Kier alpha value is -3.00. The van der Waals surface area contributed by atoms with E-state index in [2.05, 4.69) is 16.0 Å². The van der Waals surface area contributed by atoms with Crippen LogP contribution in [0.5, 0.6) is 17.4 Å². The number of aryl methyl sites for hydroxylation is 1. The molecule has 0 spiro atoms. The first-order valence-electron chi connectivity index (χ1n) is 11.7. The van der Waals surface area contributed by atoms with Crippen LogP contribution in [0.1, 0.15) is 24.8 Å². The third-order valence-electron chi connectivity index (χ3n) is 6.64. The molecule has 1 aromatic carbocycles. The zero-order valence-corrected chi connectivity index (χ0v) is 19.3.